The highest BCUT2D eigenvalue weighted by atomic mass is 35.5. The highest BCUT2D eigenvalue weighted by Gasteiger charge is 2.18. The summed E-state index contributed by atoms with van der Waals surface area (Å²) in [6, 6.07) is 7.06. The summed E-state index contributed by atoms with van der Waals surface area (Å²) < 4.78 is 26.5. The Labute approximate surface area is 120 Å². The molecule has 0 saturated heterocycles. The molecule has 0 aliphatic rings. The summed E-state index contributed by atoms with van der Waals surface area (Å²) in [5.41, 5.74) is 5.70. The zero-order valence-corrected chi connectivity index (χ0v) is 11.8. The maximum absolute atomic E-state index is 12.1. The van der Waals surface area contributed by atoms with Gasteiger partial charge in [0, 0.05) is 22.3 Å². The number of hydrogen-bond acceptors (Lipinski definition) is 4. The van der Waals surface area contributed by atoms with E-state index in [2.05, 4.69) is 9.71 Å². The molecule has 2 aromatic rings. The van der Waals surface area contributed by atoms with Gasteiger partial charge in [0.1, 0.15) is 10.7 Å². The van der Waals surface area contributed by atoms with Crippen LogP contribution in [0, 0.1) is 0 Å². The molecule has 3 N–H and O–H groups in total. The molecule has 0 saturated carbocycles. The topological polar surface area (TPSA) is 85.1 Å². The number of hydrogen-bond donors (Lipinski definition) is 2. The summed E-state index contributed by atoms with van der Waals surface area (Å²) in [6.45, 7) is 0. The second-order valence-corrected chi connectivity index (χ2v) is 6.17. The van der Waals surface area contributed by atoms with Crippen LogP contribution in [0.4, 0.5) is 11.5 Å². The maximum atomic E-state index is 12.1. The van der Waals surface area contributed by atoms with Crippen molar-refractivity contribution in [1.29, 1.82) is 0 Å². The van der Waals surface area contributed by atoms with Crippen molar-refractivity contribution in [3.63, 3.8) is 0 Å². The molecule has 0 atom stereocenters. The van der Waals surface area contributed by atoms with E-state index in [-0.39, 0.29) is 16.4 Å². The van der Waals surface area contributed by atoms with E-state index in [9.17, 15) is 8.42 Å². The first kappa shape index (κ1) is 13.9. The number of sulfonamides is 1. The van der Waals surface area contributed by atoms with Crippen molar-refractivity contribution in [2.75, 3.05) is 10.5 Å². The smallest absolute Gasteiger partial charge is 0.265 e. The van der Waals surface area contributed by atoms with E-state index in [0.717, 1.165) is 0 Å². The number of nitrogens with zero attached hydrogens (tertiary/aromatic N) is 1. The number of pyridine rings is 1. The van der Waals surface area contributed by atoms with E-state index in [4.69, 9.17) is 28.9 Å². The van der Waals surface area contributed by atoms with E-state index < -0.39 is 10.0 Å². The quantitative estimate of drug-likeness (QED) is 0.852. The lowest BCUT2D eigenvalue weighted by molar-refractivity contribution is 0.601. The lowest BCUT2D eigenvalue weighted by Gasteiger charge is -2.09. The number of benzene rings is 1. The van der Waals surface area contributed by atoms with Crippen LogP contribution < -0.4 is 10.5 Å². The highest BCUT2D eigenvalue weighted by molar-refractivity contribution is 7.92. The van der Waals surface area contributed by atoms with Crippen molar-refractivity contribution in [2.45, 2.75) is 4.90 Å². The largest absolute Gasteiger partial charge is 0.398 e. The summed E-state index contributed by atoms with van der Waals surface area (Å²) in [4.78, 5) is 3.79. The highest BCUT2D eigenvalue weighted by Crippen LogP contribution is 2.24. The molecule has 1 heterocycles. The predicted octanol–water partition coefficient (Wildman–Crippen LogP) is 2.77. The van der Waals surface area contributed by atoms with Gasteiger partial charge in [0.2, 0.25) is 0 Å². The molecule has 0 aliphatic heterocycles. The molecule has 0 fully saturated rings. The standard InChI is InChI=1S/C11H9Cl2N3O2S/c12-7-1-2-10(9(14)5-7)19(17,18)16-11-6-8(13)3-4-15-11/h1-6H,14H2,(H,15,16). The number of nitrogens with two attached hydrogens (primary N) is 1. The second-order valence-electron chi connectivity index (χ2n) is 3.65. The number of rotatable bonds is 3. The van der Waals surface area contributed by atoms with Gasteiger partial charge in [-0.3, -0.25) is 4.72 Å². The Morgan fingerprint density at radius 3 is 2.42 bits per heavy atom. The predicted molar refractivity (Wildman–Crippen MR) is 75.9 cm³/mol. The average Bonchev–Trinajstić information content (AvgIpc) is 2.27. The van der Waals surface area contributed by atoms with E-state index in [0.29, 0.717) is 10.0 Å². The first-order valence-corrected chi connectivity index (χ1v) is 7.32. The van der Waals surface area contributed by atoms with Crippen molar-refractivity contribution in [2.24, 2.45) is 0 Å². The second kappa shape index (κ2) is 5.24. The van der Waals surface area contributed by atoms with Crippen LogP contribution in [-0.2, 0) is 10.0 Å². The molecule has 100 valence electrons. The van der Waals surface area contributed by atoms with Gasteiger partial charge in [0.25, 0.3) is 10.0 Å². The molecule has 0 amide bonds. The third-order valence-electron chi connectivity index (χ3n) is 2.22. The van der Waals surface area contributed by atoms with E-state index in [1.54, 1.807) is 0 Å². The van der Waals surface area contributed by atoms with Gasteiger partial charge >= 0.3 is 0 Å². The van der Waals surface area contributed by atoms with Crippen LogP contribution in [0.3, 0.4) is 0 Å². The van der Waals surface area contributed by atoms with Gasteiger partial charge in [-0.2, -0.15) is 0 Å². The molecule has 0 spiro atoms. The van der Waals surface area contributed by atoms with Gasteiger partial charge in [-0.1, -0.05) is 23.2 Å². The van der Waals surface area contributed by atoms with Crippen molar-refractivity contribution in [3.8, 4) is 0 Å². The Balaban J connectivity index is 2.38. The Morgan fingerprint density at radius 1 is 1.11 bits per heavy atom. The summed E-state index contributed by atoms with van der Waals surface area (Å²) >= 11 is 11.5. The molecule has 2 rings (SSSR count). The summed E-state index contributed by atoms with van der Waals surface area (Å²) in [6.07, 6.45) is 1.39. The molecule has 0 unspecified atom stereocenters. The first-order chi connectivity index (χ1) is 8.88. The summed E-state index contributed by atoms with van der Waals surface area (Å²) in [5.74, 6) is 0.113. The third kappa shape index (κ3) is 3.28. The van der Waals surface area contributed by atoms with Crippen LogP contribution in [0.2, 0.25) is 10.0 Å². The maximum Gasteiger partial charge on any atom is 0.265 e. The minimum Gasteiger partial charge on any atom is -0.398 e. The molecule has 0 radical (unpaired) electrons. The third-order valence-corrected chi connectivity index (χ3v) is 4.12. The monoisotopic (exact) mass is 317 g/mol. The molecule has 5 nitrogen and oxygen atoms in total. The molecular formula is C11H9Cl2N3O2S. The number of nitrogen functional groups attached to an aromatic ring is 1. The minimum atomic E-state index is -3.83. The lowest BCUT2D eigenvalue weighted by Crippen LogP contribution is -2.15. The van der Waals surface area contributed by atoms with Crippen LogP contribution in [0.15, 0.2) is 41.4 Å². The summed E-state index contributed by atoms with van der Waals surface area (Å²) in [5, 5.41) is 0.731. The van der Waals surface area contributed by atoms with Crippen LogP contribution >= 0.6 is 23.2 Å². The van der Waals surface area contributed by atoms with E-state index >= 15 is 0 Å². The van der Waals surface area contributed by atoms with Crippen molar-refractivity contribution < 1.29 is 8.42 Å². The number of aromatic nitrogens is 1. The Morgan fingerprint density at radius 2 is 1.79 bits per heavy atom. The minimum absolute atomic E-state index is 0.0574. The van der Waals surface area contributed by atoms with Gasteiger partial charge in [0.05, 0.1) is 5.69 Å². The number of halogens is 2. The number of nitrogens with one attached hydrogen (secondary N) is 1. The van der Waals surface area contributed by atoms with Gasteiger partial charge in [-0.15, -0.1) is 0 Å². The fraction of sp³-hybridized carbons (Fsp3) is 0. The van der Waals surface area contributed by atoms with Crippen LogP contribution in [-0.4, -0.2) is 13.4 Å². The fourth-order valence-electron chi connectivity index (χ4n) is 1.42. The van der Waals surface area contributed by atoms with Crippen LogP contribution in [0.1, 0.15) is 0 Å². The molecule has 1 aromatic carbocycles. The lowest BCUT2D eigenvalue weighted by atomic mass is 10.3. The number of anilines is 2. The first-order valence-electron chi connectivity index (χ1n) is 5.08. The molecule has 1 aromatic heterocycles. The zero-order chi connectivity index (χ0) is 14.0. The molecular weight excluding hydrogens is 309 g/mol. The Hall–Kier alpha value is -1.50. The summed E-state index contributed by atoms with van der Waals surface area (Å²) in [7, 11) is -3.83. The fourth-order valence-corrected chi connectivity index (χ4v) is 2.87. The van der Waals surface area contributed by atoms with E-state index in [1.165, 1.54) is 36.5 Å². The van der Waals surface area contributed by atoms with Gasteiger partial charge in [-0.25, -0.2) is 13.4 Å². The molecule has 0 bridgehead atoms. The normalized spacial score (nSPS) is 11.3. The SMILES string of the molecule is Nc1cc(Cl)ccc1S(=O)(=O)Nc1cc(Cl)ccn1. The molecule has 0 aliphatic carbocycles. The van der Waals surface area contributed by atoms with E-state index in [1.807, 2.05) is 0 Å². The average molecular weight is 318 g/mol. The van der Waals surface area contributed by atoms with Crippen LogP contribution in [0.25, 0.3) is 0 Å². The Kier molecular flexibility index (Phi) is 3.84. The molecule has 19 heavy (non-hydrogen) atoms. The van der Waals surface area contributed by atoms with Gasteiger partial charge in [-0.05, 0) is 24.3 Å². The zero-order valence-electron chi connectivity index (χ0n) is 9.47. The van der Waals surface area contributed by atoms with Crippen LogP contribution in [0.5, 0.6) is 0 Å². The van der Waals surface area contributed by atoms with Crippen molar-refractivity contribution in [3.05, 3.63) is 46.6 Å². The Bertz CT molecular complexity index is 720. The van der Waals surface area contributed by atoms with Crippen molar-refractivity contribution >= 4 is 44.7 Å². The van der Waals surface area contributed by atoms with Crippen molar-refractivity contribution in [1.82, 2.24) is 4.98 Å². The van der Waals surface area contributed by atoms with Gasteiger partial charge < -0.3 is 5.73 Å². The molecule has 8 heteroatoms. The van der Waals surface area contributed by atoms with Gasteiger partial charge in [0.15, 0.2) is 0 Å².